The van der Waals surface area contributed by atoms with Crippen molar-refractivity contribution in [2.24, 2.45) is 0 Å². The molecule has 0 aromatic heterocycles. The number of phenols is 1. The van der Waals surface area contributed by atoms with Gasteiger partial charge in [0, 0.05) is 31.3 Å². The van der Waals surface area contributed by atoms with Crippen molar-refractivity contribution >= 4 is 52.2 Å². The number of thiol groups is 1. The van der Waals surface area contributed by atoms with Crippen LogP contribution < -0.4 is 0 Å². The molecule has 1 heterocycles. The van der Waals surface area contributed by atoms with Gasteiger partial charge in [-0.05, 0) is 40.6 Å². The summed E-state index contributed by atoms with van der Waals surface area (Å²) in [6.07, 6.45) is 2.78. The van der Waals surface area contributed by atoms with Gasteiger partial charge in [0.25, 0.3) is 0 Å². The first-order chi connectivity index (χ1) is 15.2. The molecule has 1 aliphatic heterocycles. The number of hydrogen-bond acceptors (Lipinski definition) is 5. The molecule has 2 aliphatic rings. The number of allylic oxidation sites excluding steroid dienone is 5. The first-order valence-corrected chi connectivity index (χ1v) is 10.7. The standard InChI is InChI=1S/C24H21ClFN3O2S/c1-3-20(31)28(2)14-11-29(12-14)24(32)18-10-19(25)21(22(26)23(18)27)17-9-15(30)8-13-6-4-5-7-16(13)17/h3-10,14,27,30,32H,1,11-12H2,2H3/b24-18-,27-23?. The van der Waals surface area contributed by atoms with Crippen LogP contribution in [0.3, 0.4) is 0 Å². The average Bonchev–Trinajstić information content (AvgIpc) is 2.74. The van der Waals surface area contributed by atoms with Gasteiger partial charge in [0.1, 0.15) is 11.5 Å². The summed E-state index contributed by atoms with van der Waals surface area (Å²) in [6.45, 7) is 4.50. The van der Waals surface area contributed by atoms with Crippen LogP contribution in [-0.2, 0) is 4.79 Å². The van der Waals surface area contributed by atoms with Gasteiger partial charge in [0.15, 0.2) is 5.83 Å². The molecule has 1 aliphatic carbocycles. The fourth-order valence-corrected chi connectivity index (χ4v) is 4.54. The maximum absolute atomic E-state index is 15.5. The molecule has 0 unspecified atom stereocenters. The Bertz CT molecular complexity index is 1260. The highest BCUT2D eigenvalue weighted by molar-refractivity contribution is 7.84. The number of carbonyl (C=O) groups is 1. The highest BCUT2D eigenvalue weighted by Crippen LogP contribution is 2.42. The molecule has 0 radical (unpaired) electrons. The van der Waals surface area contributed by atoms with Crippen molar-refractivity contribution in [2.75, 3.05) is 20.1 Å². The van der Waals surface area contributed by atoms with Crippen LogP contribution in [0.5, 0.6) is 5.75 Å². The lowest BCUT2D eigenvalue weighted by Gasteiger charge is -2.45. The Hall–Kier alpha value is -3.03. The van der Waals surface area contributed by atoms with Crippen LogP contribution in [0.4, 0.5) is 4.39 Å². The molecule has 2 aromatic carbocycles. The third kappa shape index (κ3) is 3.72. The van der Waals surface area contributed by atoms with Gasteiger partial charge < -0.3 is 14.9 Å². The van der Waals surface area contributed by atoms with E-state index in [-0.39, 0.29) is 39.6 Å². The van der Waals surface area contributed by atoms with Gasteiger partial charge in [-0.2, -0.15) is 0 Å². The SMILES string of the molecule is C=CC(=O)N(C)C1CN(/C(S)=C2\C=C(Cl)C(c3cc(O)cc4ccccc34)=C(F)C2=N)C1. The van der Waals surface area contributed by atoms with E-state index in [2.05, 4.69) is 19.2 Å². The lowest BCUT2D eigenvalue weighted by atomic mass is 9.90. The van der Waals surface area contributed by atoms with Crippen molar-refractivity contribution in [3.8, 4) is 5.75 Å². The van der Waals surface area contributed by atoms with E-state index in [0.717, 1.165) is 5.39 Å². The smallest absolute Gasteiger partial charge is 0.246 e. The predicted molar refractivity (Wildman–Crippen MR) is 130 cm³/mol. The third-order valence-corrected chi connectivity index (χ3v) is 6.63. The first-order valence-electron chi connectivity index (χ1n) is 9.89. The molecular weight excluding hydrogens is 449 g/mol. The quantitative estimate of drug-likeness (QED) is 0.443. The van der Waals surface area contributed by atoms with Crippen molar-refractivity contribution in [1.29, 1.82) is 5.41 Å². The Morgan fingerprint density at radius 3 is 2.75 bits per heavy atom. The lowest BCUT2D eigenvalue weighted by molar-refractivity contribution is -0.129. The maximum atomic E-state index is 15.5. The zero-order valence-electron chi connectivity index (χ0n) is 17.3. The van der Waals surface area contributed by atoms with Crippen LogP contribution in [0, 0.1) is 5.41 Å². The summed E-state index contributed by atoms with van der Waals surface area (Å²) in [6, 6.07) is 10.3. The molecule has 2 N–H and O–H groups in total. The Balaban J connectivity index is 1.68. The second-order valence-corrected chi connectivity index (χ2v) is 8.55. The molecule has 5 nitrogen and oxygen atoms in total. The van der Waals surface area contributed by atoms with E-state index < -0.39 is 5.83 Å². The lowest BCUT2D eigenvalue weighted by Crippen LogP contribution is -2.58. The highest BCUT2D eigenvalue weighted by atomic mass is 35.5. The van der Waals surface area contributed by atoms with Crippen LogP contribution in [-0.4, -0.2) is 52.7 Å². The van der Waals surface area contributed by atoms with E-state index in [9.17, 15) is 9.90 Å². The number of amides is 1. The Kier molecular flexibility index (Phi) is 5.88. The van der Waals surface area contributed by atoms with Crippen molar-refractivity contribution in [3.63, 3.8) is 0 Å². The zero-order chi connectivity index (χ0) is 23.2. The predicted octanol–water partition coefficient (Wildman–Crippen LogP) is 4.85. The van der Waals surface area contributed by atoms with Gasteiger partial charge in [0.05, 0.1) is 16.1 Å². The van der Waals surface area contributed by atoms with Crippen LogP contribution >= 0.6 is 24.2 Å². The molecule has 164 valence electrons. The number of aromatic hydroxyl groups is 1. The topological polar surface area (TPSA) is 67.6 Å². The van der Waals surface area contributed by atoms with Crippen LogP contribution in [0.1, 0.15) is 5.56 Å². The van der Waals surface area contributed by atoms with E-state index in [1.165, 1.54) is 18.2 Å². The number of hydrogen-bond donors (Lipinski definition) is 3. The number of benzene rings is 2. The van der Waals surface area contributed by atoms with Crippen molar-refractivity contribution in [1.82, 2.24) is 9.80 Å². The van der Waals surface area contributed by atoms with E-state index in [1.54, 1.807) is 18.0 Å². The Morgan fingerprint density at radius 2 is 2.06 bits per heavy atom. The number of phenolic OH excluding ortho intramolecular Hbond substituents is 1. The largest absolute Gasteiger partial charge is 0.508 e. The summed E-state index contributed by atoms with van der Waals surface area (Å²) in [7, 11) is 1.70. The molecule has 0 saturated carbocycles. The third-order valence-electron chi connectivity index (χ3n) is 5.81. The summed E-state index contributed by atoms with van der Waals surface area (Å²) in [5.74, 6) is -0.977. The molecule has 0 atom stereocenters. The summed E-state index contributed by atoms with van der Waals surface area (Å²) in [5.41, 5.74) is 0.407. The number of rotatable bonds is 4. The van der Waals surface area contributed by atoms with Gasteiger partial charge >= 0.3 is 0 Å². The fraction of sp³-hybridized carbons (Fsp3) is 0.167. The molecule has 2 aromatic rings. The van der Waals surface area contributed by atoms with Crippen molar-refractivity contribution in [3.05, 3.63) is 82.2 Å². The fourth-order valence-electron chi connectivity index (χ4n) is 3.91. The number of likely N-dealkylation sites (tertiary alicyclic amines) is 1. The maximum Gasteiger partial charge on any atom is 0.246 e. The normalized spacial score (nSPS) is 18.4. The monoisotopic (exact) mass is 469 g/mol. The molecule has 1 fully saturated rings. The van der Waals surface area contributed by atoms with Crippen molar-refractivity contribution in [2.45, 2.75) is 6.04 Å². The number of likely N-dealkylation sites (N-methyl/N-ethyl adjacent to an activating group) is 1. The minimum Gasteiger partial charge on any atom is -0.508 e. The molecule has 1 saturated heterocycles. The first kappa shape index (κ1) is 22.2. The van der Waals surface area contributed by atoms with E-state index in [0.29, 0.717) is 29.1 Å². The van der Waals surface area contributed by atoms with Gasteiger partial charge in [0.2, 0.25) is 5.91 Å². The number of fused-ring (bicyclic) bond motifs is 1. The van der Waals surface area contributed by atoms with Crippen LogP contribution in [0.25, 0.3) is 16.3 Å². The highest BCUT2D eigenvalue weighted by Gasteiger charge is 2.35. The van der Waals surface area contributed by atoms with Gasteiger partial charge in [-0.15, -0.1) is 12.6 Å². The Labute approximate surface area is 195 Å². The number of nitrogens with zero attached hydrogens (tertiary/aromatic N) is 2. The minimum absolute atomic E-state index is 0.0176. The number of halogens is 2. The van der Waals surface area contributed by atoms with Crippen LogP contribution in [0.2, 0.25) is 0 Å². The summed E-state index contributed by atoms with van der Waals surface area (Å²) >= 11 is 11.0. The second-order valence-electron chi connectivity index (χ2n) is 7.72. The average molecular weight is 470 g/mol. The van der Waals surface area contributed by atoms with Gasteiger partial charge in [-0.25, -0.2) is 4.39 Å². The summed E-state index contributed by atoms with van der Waals surface area (Å²) in [5, 5.41) is 20.6. The van der Waals surface area contributed by atoms with E-state index >= 15 is 4.39 Å². The minimum atomic E-state index is -0.786. The summed E-state index contributed by atoms with van der Waals surface area (Å²) < 4.78 is 15.5. The van der Waals surface area contributed by atoms with E-state index in [4.69, 9.17) is 17.0 Å². The second kappa shape index (κ2) is 8.48. The van der Waals surface area contributed by atoms with Gasteiger partial charge in [-0.1, -0.05) is 42.4 Å². The van der Waals surface area contributed by atoms with Crippen LogP contribution in [0.15, 0.2) is 76.6 Å². The van der Waals surface area contributed by atoms with Gasteiger partial charge in [-0.3, -0.25) is 10.2 Å². The molecule has 1 amide bonds. The molecule has 8 heteroatoms. The number of carbonyl (C=O) groups excluding carboxylic acids is 1. The molecule has 0 bridgehead atoms. The van der Waals surface area contributed by atoms with Crippen molar-refractivity contribution < 1.29 is 14.3 Å². The van der Waals surface area contributed by atoms with E-state index in [1.807, 2.05) is 29.2 Å². The summed E-state index contributed by atoms with van der Waals surface area (Å²) in [4.78, 5) is 15.2. The zero-order valence-corrected chi connectivity index (χ0v) is 18.9. The molecule has 0 spiro atoms. The molecule has 4 rings (SSSR count). The number of nitrogens with one attached hydrogen (secondary N) is 1. The molecule has 32 heavy (non-hydrogen) atoms. The molecular formula is C24H21ClFN3O2S. The Morgan fingerprint density at radius 1 is 1.38 bits per heavy atom.